The number of amides is 1. The highest BCUT2D eigenvalue weighted by Gasteiger charge is 2.28. The van der Waals surface area contributed by atoms with Gasteiger partial charge in [-0.2, -0.15) is 4.37 Å². The summed E-state index contributed by atoms with van der Waals surface area (Å²) in [5.74, 6) is -0.342. The Morgan fingerprint density at radius 2 is 2.05 bits per heavy atom. The third-order valence-corrected chi connectivity index (χ3v) is 5.21. The van der Waals surface area contributed by atoms with Crippen molar-refractivity contribution in [2.75, 3.05) is 32.2 Å². The highest BCUT2D eigenvalue weighted by Crippen LogP contribution is 2.33. The molecule has 0 saturated carbocycles. The number of likely N-dealkylation sites (N-methyl/N-ethyl adjacent to an activating group) is 1. The van der Waals surface area contributed by atoms with E-state index in [-0.39, 0.29) is 21.6 Å². The predicted octanol–water partition coefficient (Wildman–Crippen LogP) is -0.478. The largest absolute Gasteiger partial charge is 0.382 e. The second-order valence-corrected chi connectivity index (χ2v) is 6.86. The number of nitrogen functional groups attached to an aromatic ring is 1. The van der Waals surface area contributed by atoms with Crippen molar-refractivity contribution in [2.24, 2.45) is 0 Å². The number of carbonyl (C=O) groups excluding carboxylic acids is 1. The molecule has 4 N–H and O–H groups in total. The Morgan fingerprint density at radius 3 is 2.53 bits per heavy atom. The van der Waals surface area contributed by atoms with Crippen LogP contribution in [-0.4, -0.2) is 50.2 Å². The summed E-state index contributed by atoms with van der Waals surface area (Å²) in [4.78, 5) is 11.3. The van der Waals surface area contributed by atoms with Crippen LogP contribution in [0.1, 0.15) is 6.92 Å². The van der Waals surface area contributed by atoms with Gasteiger partial charge in [-0.3, -0.25) is 4.79 Å². The molecular formula is C9H17N5O3S2. The molecule has 1 unspecified atom stereocenters. The summed E-state index contributed by atoms with van der Waals surface area (Å²) in [6, 6.07) is -0.596. The monoisotopic (exact) mass is 307 g/mol. The molecule has 0 bridgehead atoms. The van der Waals surface area contributed by atoms with Crippen LogP contribution in [0, 0.1) is 0 Å². The van der Waals surface area contributed by atoms with Crippen LogP contribution in [-0.2, 0) is 14.8 Å². The van der Waals surface area contributed by atoms with Crippen molar-refractivity contribution >= 4 is 38.3 Å². The lowest BCUT2D eigenvalue weighted by atomic mass is 10.3. The van der Waals surface area contributed by atoms with E-state index < -0.39 is 16.1 Å². The quantitative estimate of drug-likeness (QED) is 0.676. The molecule has 0 radical (unpaired) electrons. The molecule has 0 aromatic carbocycles. The number of sulfonamides is 1. The van der Waals surface area contributed by atoms with E-state index in [0.29, 0.717) is 0 Å². The molecule has 0 aliphatic heterocycles. The molecule has 108 valence electrons. The Bertz CT molecular complexity index is 566. The zero-order valence-electron chi connectivity index (χ0n) is 11.1. The van der Waals surface area contributed by atoms with Crippen molar-refractivity contribution < 1.29 is 13.2 Å². The SMILES string of the molecule is CNC(=O)C(C)Nc1snc(N)c1S(=O)(=O)N(C)C. The lowest BCUT2D eigenvalue weighted by molar-refractivity contribution is -0.121. The zero-order chi connectivity index (χ0) is 14.8. The summed E-state index contributed by atoms with van der Waals surface area (Å²) in [5.41, 5.74) is 5.60. The standard InChI is InChI=1S/C9H17N5O3S2/c1-5(8(15)11-2)12-9-6(7(10)13-18-9)19(16,17)14(3)4/h5,12H,1-4H3,(H2,10,13)(H,11,15). The molecule has 1 atom stereocenters. The Kier molecular flexibility index (Phi) is 4.71. The van der Waals surface area contributed by atoms with E-state index in [1.807, 2.05) is 0 Å². The maximum absolute atomic E-state index is 12.1. The minimum Gasteiger partial charge on any atom is -0.382 e. The number of nitrogens with one attached hydrogen (secondary N) is 2. The Labute approximate surface area is 116 Å². The number of nitrogens with two attached hydrogens (primary N) is 1. The number of anilines is 2. The van der Waals surface area contributed by atoms with E-state index in [9.17, 15) is 13.2 Å². The van der Waals surface area contributed by atoms with Crippen molar-refractivity contribution in [1.82, 2.24) is 14.0 Å². The minimum absolute atomic E-state index is 0.0784. The third-order valence-electron chi connectivity index (χ3n) is 2.40. The van der Waals surface area contributed by atoms with Gasteiger partial charge in [0.2, 0.25) is 15.9 Å². The molecule has 1 heterocycles. The first-order chi connectivity index (χ1) is 8.71. The fraction of sp³-hybridized carbons (Fsp3) is 0.556. The number of nitrogens with zero attached hydrogens (tertiary/aromatic N) is 2. The summed E-state index contributed by atoms with van der Waals surface area (Å²) in [7, 11) is 0.591. The zero-order valence-corrected chi connectivity index (χ0v) is 12.7. The summed E-state index contributed by atoms with van der Waals surface area (Å²) >= 11 is 0.905. The van der Waals surface area contributed by atoms with Gasteiger partial charge in [-0.25, -0.2) is 12.7 Å². The molecule has 8 nitrogen and oxygen atoms in total. The van der Waals surface area contributed by atoms with Gasteiger partial charge in [-0.1, -0.05) is 0 Å². The van der Waals surface area contributed by atoms with Crippen LogP contribution in [0.2, 0.25) is 0 Å². The van der Waals surface area contributed by atoms with Gasteiger partial charge < -0.3 is 16.4 Å². The van der Waals surface area contributed by atoms with Crippen LogP contribution in [0.4, 0.5) is 10.8 Å². The molecule has 0 spiro atoms. The van der Waals surface area contributed by atoms with Crippen molar-refractivity contribution in [3.63, 3.8) is 0 Å². The normalized spacial score (nSPS) is 13.3. The highest BCUT2D eigenvalue weighted by molar-refractivity contribution is 7.89. The minimum atomic E-state index is -3.71. The summed E-state index contributed by atoms with van der Waals surface area (Å²) in [5, 5.41) is 5.52. The molecule has 0 aliphatic rings. The van der Waals surface area contributed by atoms with Gasteiger partial charge in [0.1, 0.15) is 11.0 Å². The first-order valence-corrected chi connectivity index (χ1v) is 7.59. The molecule has 10 heteroatoms. The maximum atomic E-state index is 12.1. The van der Waals surface area contributed by atoms with Crippen LogP contribution in [0.5, 0.6) is 0 Å². The highest BCUT2D eigenvalue weighted by atomic mass is 32.2. The van der Waals surface area contributed by atoms with Crippen LogP contribution in [0.15, 0.2) is 4.90 Å². The van der Waals surface area contributed by atoms with E-state index in [0.717, 1.165) is 15.8 Å². The van der Waals surface area contributed by atoms with Gasteiger partial charge >= 0.3 is 0 Å². The smallest absolute Gasteiger partial charge is 0.249 e. The first-order valence-electron chi connectivity index (χ1n) is 5.37. The van der Waals surface area contributed by atoms with Crippen molar-refractivity contribution in [3.8, 4) is 0 Å². The lowest BCUT2D eigenvalue weighted by Crippen LogP contribution is -2.35. The number of hydrogen-bond donors (Lipinski definition) is 3. The van der Waals surface area contributed by atoms with Crippen LogP contribution >= 0.6 is 11.5 Å². The topological polar surface area (TPSA) is 117 Å². The van der Waals surface area contributed by atoms with Crippen LogP contribution in [0.25, 0.3) is 0 Å². The average Bonchev–Trinajstić information content (AvgIpc) is 2.69. The summed E-state index contributed by atoms with van der Waals surface area (Å²) < 4.78 is 29.1. The molecule has 1 rings (SSSR count). The van der Waals surface area contributed by atoms with Gasteiger partial charge in [0.05, 0.1) is 0 Å². The van der Waals surface area contributed by atoms with Gasteiger partial charge in [-0.15, -0.1) is 0 Å². The number of hydrogen-bond acceptors (Lipinski definition) is 7. The van der Waals surface area contributed by atoms with E-state index >= 15 is 0 Å². The molecule has 1 amide bonds. The number of rotatable bonds is 5. The molecule has 0 aliphatic carbocycles. The van der Waals surface area contributed by atoms with Gasteiger partial charge in [0, 0.05) is 21.1 Å². The Hall–Kier alpha value is -1.39. The van der Waals surface area contributed by atoms with Gasteiger partial charge in [0.25, 0.3) is 0 Å². The molecule has 19 heavy (non-hydrogen) atoms. The molecular weight excluding hydrogens is 290 g/mol. The molecule has 0 fully saturated rings. The first kappa shape index (κ1) is 15.7. The second-order valence-electron chi connectivity index (χ2n) is 3.99. The van der Waals surface area contributed by atoms with Gasteiger partial charge in [0.15, 0.2) is 10.7 Å². The van der Waals surface area contributed by atoms with E-state index in [4.69, 9.17) is 5.73 Å². The van der Waals surface area contributed by atoms with Crippen LogP contribution < -0.4 is 16.4 Å². The Balaban J connectivity index is 3.16. The van der Waals surface area contributed by atoms with E-state index in [2.05, 4.69) is 15.0 Å². The molecule has 0 saturated heterocycles. The van der Waals surface area contributed by atoms with E-state index in [1.54, 1.807) is 6.92 Å². The Morgan fingerprint density at radius 1 is 1.47 bits per heavy atom. The number of aromatic nitrogens is 1. The second kappa shape index (κ2) is 5.72. The fourth-order valence-electron chi connectivity index (χ4n) is 1.30. The maximum Gasteiger partial charge on any atom is 0.249 e. The van der Waals surface area contributed by atoms with E-state index in [1.165, 1.54) is 21.1 Å². The van der Waals surface area contributed by atoms with Gasteiger partial charge in [-0.05, 0) is 18.5 Å². The fourth-order valence-corrected chi connectivity index (χ4v) is 3.45. The molecule has 1 aromatic rings. The summed E-state index contributed by atoms with van der Waals surface area (Å²) in [6.07, 6.45) is 0. The van der Waals surface area contributed by atoms with Crippen molar-refractivity contribution in [2.45, 2.75) is 17.9 Å². The average molecular weight is 307 g/mol. The predicted molar refractivity (Wildman–Crippen MR) is 74.6 cm³/mol. The molecule has 1 aromatic heterocycles. The van der Waals surface area contributed by atoms with Crippen LogP contribution in [0.3, 0.4) is 0 Å². The van der Waals surface area contributed by atoms with Crippen molar-refractivity contribution in [1.29, 1.82) is 0 Å². The lowest BCUT2D eigenvalue weighted by Gasteiger charge is -2.15. The summed E-state index contributed by atoms with van der Waals surface area (Å²) in [6.45, 7) is 1.61. The third kappa shape index (κ3) is 3.14. The van der Waals surface area contributed by atoms with Crippen molar-refractivity contribution in [3.05, 3.63) is 0 Å². The number of carbonyl (C=O) groups is 1.